The van der Waals surface area contributed by atoms with Gasteiger partial charge >= 0.3 is 6.09 Å². The molecule has 0 saturated carbocycles. The zero-order valence-corrected chi connectivity index (χ0v) is 13.4. The first-order valence-electron chi connectivity index (χ1n) is 7.55. The number of ether oxygens (including phenoxy) is 1. The second-order valence-corrected chi connectivity index (χ2v) is 6.42. The lowest BCUT2D eigenvalue weighted by molar-refractivity contribution is 0.0168. The Morgan fingerprint density at radius 3 is 2.55 bits per heavy atom. The van der Waals surface area contributed by atoms with Crippen molar-refractivity contribution in [1.82, 2.24) is 4.90 Å². The van der Waals surface area contributed by atoms with Crippen LogP contribution >= 0.6 is 0 Å². The number of hydrogen-bond acceptors (Lipinski definition) is 3. The van der Waals surface area contributed by atoms with E-state index in [0.717, 1.165) is 18.4 Å². The molecule has 0 aliphatic carbocycles. The van der Waals surface area contributed by atoms with E-state index in [2.05, 4.69) is 18.2 Å². The Morgan fingerprint density at radius 2 is 1.95 bits per heavy atom. The molecule has 116 valence electrons. The second-order valence-electron chi connectivity index (χ2n) is 6.42. The average molecular weight is 298 g/mol. The molecule has 0 bridgehead atoms. The summed E-state index contributed by atoms with van der Waals surface area (Å²) in [5.41, 5.74) is 1.14. The Morgan fingerprint density at radius 1 is 1.27 bits per heavy atom. The third-order valence-corrected chi connectivity index (χ3v) is 3.49. The molecule has 1 aliphatic rings. The fraction of sp³-hybridized carbons (Fsp3) is 0.444. The molecule has 0 radical (unpaired) electrons. The van der Waals surface area contributed by atoms with Crippen LogP contribution in [0.4, 0.5) is 4.79 Å². The van der Waals surface area contributed by atoms with Crippen molar-refractivity contribution in [3.63, 3.8) is 0 Å². The van der Waals surface area contributed by atoms with Gasteiger partial charge in [-0.1, -0.05) is 24.3 Å². The van der Waals surface area contributed by atoms with Gasteiger partial charge in [-0.05, 0) is 51.3 Å². The molecule has 1 amide bonds. The minimum Gasteiger partial charge on any atom is -0.444 e. The van der Waals surface area contributed by atoms with E-state index < -0.39 is 5.60 Å². The number of nitriles is 1. The van der Waals surface area contributed by atoms with Gasteiger partial charge in [0.05, 0.1) is 17.7 Å². The number of hydrogen-bond donors (Lipinski definition) is 0. The van der Waals surface area contributed by atoms with Crippen molar-refractivity contribution in [3.8, 4) is 6.07 Å². The minimum absolute atomic E-state index is 0.0543. The van der Waals surface area contributed by atoms with E-state index in [4.69, 9.17) is 10.00 Å². The van der Waals surface area contributed by atoms with E-state index in [9.17, 15) is 4.79 Å². The predicted octanol–water partition coefficient (Wildman–Crippen LogP) is 4.19. The molecule has 2 rings (SSSR count). The lowest BCUT2D eigenvalue weighted by atomic mass is 10.0. The maximum atomic E-state index is 12.5. The fourth-order valence-electron chi connectivity index (χ4n) is 2.47. The Hall–Kier alpha value is -2.28. The predicted molar refractivity (Wildman–Crippen MR) is 85.2 cm³/mol. The summed E-state index contributed by atoms with van der Waals surface area (Å²) in [4.78, 5) is 14.3. The number of nitrogens with zero attached hydrogens (tertiary/aromatic N) is 2. The molecule has 0 spiro atoms. The Labute approximate surface area is 132 Å². The quantitative estimate of drug-likeness (QED) is 0.731. The van der Waals surface area contributed by atoms with Crippen LogP contribution < -0.4 is 0 Å². The van der Waals surface area contributed by atoms with Gasteiger partial charge in [-0.3, -0.25) is 0 Å². The average Bonchev–Trinajstić information content (AvgIpc) is 2.71. The summed E-state index contributed by atoms with van der Waals surface area (Å²) in [5.74, 6) is 0. The number of carbonyl (C=O) groups excluding carboxylic acids is 1. The molecular weight excluding hydrogens is 276 g/mol. The van der Waals surface area contributed by atoms with Crippen molar-refractivity contribution in [2.24, 2.45) is 0 Å². The molecule has 4 heteroatoms. The van der Waals surface area contributed by atoms with Crippen molar-refractivity contribution in [2.75, 3.05) is 6.54 Å². The first kappa shape index (κ1) is 16.1. The van der Waals surface area contributed by atoms with Gasteiger partial charge in [-0.25, -0.2) is 4.79 Å². The molecule has 22 heavy (non-hydrogen) atoms. The van der Waals surface area contributed by atoms with Gasteiger partial charge in [-0.2, -0.15) is 5.26 Å². The summed E-state index contributed by atoms with van der Waals surface area (Å²) >= 11 is 0. The normalized spacial score (nSPS) is 18.5. The maximum absolute atomic E-state index is 12.5. The third kappa shape index (κ3) is 4.11. The van der Waals surface area contributed by atoms with Crippen molar-refractivity contribution in [2.45, 2.75) is 45.3 Å². The summed E-state index contributed by atoms with van der Waals surface area (Å²) < 4.78 is 5.54. The van der Waals surface area contributed by atoms with E-state index in [0.29, 0.717) is 12.1 Å². The highest BCUT2D eigenvalue weighted by Gasteiger charge is 2.29. The van der Waals surface area contributed by atoms with E-state index in [1.165, 1.54) is 0 Å². The van der Waals surface area contributed by atoms with Crippen molar-refractivity contribution < 1.29 is 9.53 Å². The number of rotatable bonds is 1. The fourth-order valence-corrected chi connectivity index (χ4v) is 2.47. The Balaban J connectivity index is 2.25. The molecule has 0 saturated heterocycles. The zero-order valence-electron chi connectivity index (χ0n) is 13.4. The van der Waals surface area contributed by atoms with Crippen LogP contribution in [0.25, 0.3) is 0 Å². The molecule has 1 aromatic carbocycles. The monoisotopic (exact) mass is 298 g/mol. The number of carbonyl (C=O) groups is 1. The lowest BCUT2D eigenvalue weighted by Crippen LogP contribution is -2.39. The molecule has 1 heterocycles. The third-order valence-electron chi connectivity index (χ3n) is 3.49. The van der Waals surface area contributed by atoms with Crippen LogP contribution in [0.3, 0.4) is 0 Å². The largest absolute Gasteiger partial charge is 0.444 e. The summed E-state index contributed by atoms with van der Waals surface area (Å²) in [7, 11) is 0. The van der Waals surface area contributed by atoms with Crippen LogP contribution in [0.15, 0.2) is 36.4 Å². The highest BCUT2D eigenvalue weighted by atomic mass is 16.6. The highest BCUT2D eigenvalue weighted by Crippen LogP contribution is 2.29. The standard InChI is InChI=1S/C18H22N2O2/c1-18(2,3)22-17(21)20-12-6-4-5-7-16(20)15-10-8-14(13-19)9-11-15/h4-5,8-11,16H,6-7,12H2,1-3H3. The van der Waals surface area contributed by atoms with Gasteiger partial charge in [0, 0.05) is 6.54 Å². The molecule has 4 nitrogen and oxygen atoms in total. The minimum atomic E-state index is -0.508. The van der Waals surface area contributed by atoms with Crippen LogP contribution in [0, 0.1) is 11.3 Å². The van der Waals surface area contributed by atoms with E-state index >= 15 is 0 Å². The van der Waals surface area contributed by atoms with Gasteiger partial charge < -0.3 is 9.64 Å². The lowest BCUT2D eigenvalue weighted by Gasteiger charge is -2.32. The summed E-state index contributed by atoms with van der Waals surface area (Å²) in [6.45, 7) is 6.25. The van der Waals surface area contributed by atoms with Crippen molar-refractivity contribution >= 4 is 6.09 Å². The van der Waals surface area contributed by atoms with Crippen molar-refractivity contribution in [3.05, 3.63) is 47.5 Å². The first-order chi connectivity index (χ1) is 10.4. The highest BCUT2D eigenvalue weighted by molar-refractivity contribution is 5.69. The van der Waals surface area contributed by atoms with Gasteiger partial charge in [0.15, 0.2) is 0 Å². The molecular formula is C18H22N2O2. The summed E-state index contributed by atoms with van der Waals surface area (Å²) in [5, 5.41) is 8.91. The Kier molecular flexibility index (Phi) is 4.87. The molecule has 0 aromatic heterocycles. The molecule has 1 atom stereocenters. The van der Waals surface area contributed by atoms with Crippen LogP contribution in [0.1, 0.15) is 50.8 Å². The SMILES string of the molecule is CC(C)(C)OC(=O)N1CCC=CCC1c1ccc(C#N)cc1. The van der Waals surface area contributed by atoms with E-state index in [1.54, 1.807) is 17.0 Å². The Bertz CT molecular complexity index is 591. The van der Waals surface area contributed by atoms with E-state index in [-0.39, 0.29) is 12.1 Å². The smallest absolute Gasteiger partial charge is 0.410 e. The maximum Gasteiger partial charge on any atom is 0.410 e. The second kappa shape index (κ2) is 6.65. The zero-order chi connectivity index (χ0) is 16.2. The summed E-state index contributed by atoms with van der Waals surface area (Å²) in [6, 6.07) is 9.47. The topological polar surface area (TPSA) is 53.3 Å². The van der Waals surface area contributed by atoms with Gasteiger partial charge in [0.25, 0.3) is 0 Å². The molecule has 1 aromatic rings. The van der Waals surface area contributed by atoms with Crippen LogP contribution in [-0.2, 0) is 4.74 Å². The van der Waals surface area contributed by atoms with Crippen LogP contribution in [0.5, 0.6) is 0 Å². The number of amides is 1. The van der Waals surface area contributed by atoms with Crippen molar-refractivity contribution in [1.29, 1.82) is 5.26 Å². The molecule has 0 fully saturated rings. The van der Waals surface area contributed by atoms with Gasteiger partial charge in [0.1, 0.15) is 5.60 Å². The molecule has 1 unspecified atom stereocenters. The van der Waals surface area contributed by atoms with Gasteiger partial charge in [0.2, 0.25) is 0 Å². The summed E-state index contributed by atoms with van der Waals surface area (Å²) in [6.07, 6.45) is 5.50. The van der Waals surface area contributed by atoms with Crippen LogP contribution in [0.2, 0.25) is 0 Å². The van der Waals surface area contributed by atoms with E-state index in [1.807, 2.05) is 32.9 Å². The molecule has 0 N–H and O–H groups in total. The molecule has 1 aliphatic heterocycles. The first-order valence-corrected chi connectivity index (χ1v) is 7.55. The van der Waals surface area contributed by atoms with Gasteiger partial charge in [-0.15, -0.1) is 0 Å². The number of benzene rings is 1. The van der Waals surface area contributed by atoms with Crippen LogP contribution in [-0.4, -0.2) is 23.1 Å².